The number of benzene rings is 2. The highest BCUT2D eigenvalue weighted by atomic mass is 16.6. The molecule has 6 nitrogen and oxygen atoms in total. The van der Waals surface area contributed by atoms with Gasteiger partial charge in [0.1, 0.15) is 0 Å². The van der Waals surface area contributed by atoms with E-state index < -0.39 is 18.2 Å². The minimum Gasteiger partial charge on any atom is -0.467 e. The fourth-order valence-corrected chi connectivity index (χ4v) is 6.58. The molecule has 3 fully saturated rings. The van der Waals surface area contributed by atoms with Gasteiger partial charge in [-0.25, -0.2) is 9.59 Å². The van der Waals surface area contributed by atoms with Gasteiger partial charge in [-0.3, -0.25) is 4.90 Å². The molecule has 0 aromatic heterocycles. The summed E-state index contributed by atoms with van der Waals surface area (Å²) in [5.41, 5.74) is 1.64. The van der Waals surface area contributed by atoms with E-state index >= 15 is 0 Å². The third kappa shape index (κ3) is 4.02. The number of carbonyl (C=O) groups excluding carboxylic acids is 2. The van der Waals surface area contributed by atoms with Gasteiger partial charge >= 0.3 is 12.0 Å². The Hall–Kier alpha value is -2.86. The van der Waals surface area contributed by atoms with Crippen LogP contribution in [-0.4, -0.2) is 46.8 Å². The van der Waals surface area contributed by atoms with Crippen LogP contribution >= 0.6 is 0 Å². The Bertz CT molecular complexity index is 1070. The molecule has 6 heteroatoms. The van der Waals surface area contributed by atoms with Crippen LogP contribution in [0.15, 0.2) is 60.7 Å². The number of hydrogen-bond donors (Lipinski definition) is 0. The molecule has 5 atom stereocenters. The van der Waals surface area contributed by atoms with Crippen molar-refractivity contribution in [1.82, 2.24) is 9.80 Å². The van der Waals surface area contributed by atoms with E-state index in [0.29, 0.717) is 24.9 Å². The molecule has 35 heavy (non-hydrogen) atoms. The summed E-state index contributed by atoms with van der Waals surface area (Å²) in [5, 5.41) is 0. The fraction of sp³-hybridized carbons (Fsp3) is 0.517. The summed E-state index contributed by atoms with van der Waals surface area (Å²) in [4.78, 5) is 30.5. The van der Waals surface area contributed by atoms with Gasteiger partial charge in [0.05, 0.1) is 19.3 Å². The molecule has 2 aromatic carbocycles. The zero-order valence-electron chi connectivity index (χ0n) is 21.1. The maximum atomic E-state index is 13.9. The van der Waals surface area contributed by atoms with Crippen LogP contribution in [0.4, 0.5) is 4.79 Å². The molecule has 0 bridgehead atoms. The average Bonchev–Trinajstić information content (AvgIpc) is 3.22. The van der Waals surface area contributed by atoms with Crippen LogP contribution in [0.5, 0.6) is 0 Å². The van der Waals surface area contributed by atoms with Crippen molar-refractivity contribution in [1.29, 1.82) is 0 Å². The highest BCUT2D eigenvalue weighted by molar-refractivity contribution is 5.88. The maximum absolute atomic E-state index is 13.9. The highest BCUT2D eigenvalue weighted by Crippen LogP contribution is 2.71. The van der Waals surface area contributed by atoms with Crippen molar-refractivity contribution < 1.29 is 19.1 Å². The van der Waals surface area contributed by atoms with Crippen molar-refractivity contribution in [2.45, 2.75) is 71.0 Å². The van der Waals surface area contributed by atoms with Gasteiger partial charge in [-0.15, -0.1) is 0 Å². The second-order valence-corrected chi connectivity index (χ2v) is 11.0. The molecule has 2 aromatic rings. The van der Waals surface area contributed by atoms with Gasteiger partial charge < -0.3 is 14.4 Å². The Balaban J connectivity index is 1.53. The largest absolute Gasteiger partial charge is 0.467 e. The number of rotatable bonds is 7. The third-order valence-electron chi connectivity index (χ3n) is 8.61. The van der Waals surface area contributed by atoms with Gasteiger partial charge in [0.25, 0.3) is 0 Å². The third-order valence-corrected chi connectivity index (χ3v) is 8.61. The Morgan fingerprint density at radius 1 is 0.943 bits per heavy atom. The maximum Gasteiger partial charge on any atom is 0.333 e. The molecule has 1 saturated heterocycles. The minimum atomic E-state index is -0.833. The molecular weight excluding hydrogens is 440 g/mol. The van der Waals surface area contributed by atoms with Gasteiger partial charge in [-0.2, -0.15) is 0 Å². The predicted molar refractivity (Wildman–Crippen MR) is 133 cm³/mol. The quantitative estimate of drug-likeness (QED) is 0.514. The first-order valence-corrected chi connectivity index (χ1v) is 12.7. The first kappa shape index (κ1) is 23.9. The lowest BCUT2D eigenvalue weighted by Gasteiger charge is -2.35. The van der Waals surface area contributed by atoms with E-state index in [1.807, 2.05) is 60.7 Å². The van der Waals surface area contributed by atoms with Crippen molar-refractivity contribution in [3.63, 3.8) is 0 Å². The molecular formula is C29H36N2O4. The number of fused-ring (bicyclic) bond motifs is 1. The van der Waals surface area contributed by atoms with Crippen LogP contribution in [0.1, 0.15) is 51.2 Å². The van der Waals surface area contributed by atoms with Gasteiger partial charge in [-0.1, -0.05) is 87.9 Å². The molecule has 2 saturated carbocycles. The number of nitrogens with zero attached hydrogens (tertiary/aromatic N) is 2. The van der Waals surface area contributed by atoms with E-state index in [9.17, 15) is 9.59 Å². The summed E-state index contributed by atoms with van der Waals surface area (Å²) in [6.45, 7) is 7.50. The van der Waals surface area contributed by atoms with Crippen LogP contribution < -0.4 is 0 Å². The summed E-state index contributed by atoms with van der Waals surface area (Å²) >= 11 is 0. The van der Waals surface area contributed by atoms with Gasteiger partial charge in [-0.05, 0) is 41.2 Å². The van der Waals surface area contributed by atoms with E-state index in [-0.39, 0.29) is 17.0 Å². The number of esters is 1. The number of urea groups is 1. The number of ether oxygens (including phenoxy) is 2. The van der Waals surface area contributed by atoms with Crippen molar-refractivity contribution in [3.8, 4) is 0 Å². The Labute approximate surface area is 208 Å². The van der Waals surface area contributed by atoms with Crippen LogP contribution in [0.3, 0.4) is 0 Å². The van der Waals surface area contributed by atoms with E-state index in [1.165, 1.54) is 13.5 Å². The van der Waals surface area contributed by atoms with Crippen molar-refractivity contribution in [2.75, 3.05) is 7.11 Å². The average molecular weight is 477 g/mol. The molecule has 1 aliphatic heterocycles. The minimum absolute atomic E-state index is 0.00669. The first-order valence-electron chi connectivity index (χ1n) is 12.7. The van der Waals surface area contributed by atoms with Gasteiger partial charge in [0.15, 0.2) is 12.3 Å². The SMILES string of the molecule is COC(=O)[C@@H]1[C@@H](OC23CC(C)CCC2C3(C)C)N(Cc2ccccc2)C(=O)N1Cc1ccccc1. The molecule has 0 radical (unpaired) electrons. The lowest BCUT2D eigenvalue weighted by atomic mass is 9.88. The molecule has 186 valence electrons. The molecule has 0 spiro atoms. The van der Waals surface area contributed by atoms with Crippen molar-refractivity contribution >= 4 is 12.0 Å². The molecule has 2 amide bonds. The number of hydrogen-bond acceptors (Lipinski definition) is 4. The smallest absolute Gasteiger partial charge is 0.333 e. The second-order valence-electron chi connectivity index (χ2n) is 11.0. The van der Waals surface area contributed by atoms with Gasteiger partial charge in [0, 0.05) is 6.54 Å². The first-order chi connectivity index (χ1) is 16.8. The summed E-state index contributed by atoms with van der Waals surface area (Å²) in [6.07, 6.45) is 2.54. The number of methoxy groups -OCH3 is 1. The topological polar surface area (TPSA) is 59.1 Å². The number of amides is 2. The van der Waals surface area contributed by atoms with E-state index in [2.05, 4.69) is 20.8 Å². The molecule has 3 unspecified atom stereocenters. The van der Waals surface area contributed by atoms with Crippen LogP contribution in [0, 0.1) is 17.3 Å². The summed E-state index contributed by atoms with van der Waals surface area (Å²) in [5.74, 6) is 0.538. The van der Waals surface area contributed by atoms with Crippen LogP contribution in [-0.2, 0) is 27.4 Å². The van der Waals surface area contributed by atoms with E-state index in [0.717, 1.165) is 24.0 Å². The van der Waals surface area contributed by atoms with Crippen molar-refractivity contribution in [3.05, 3.63) is 71.8 Å². The molecule has 5 rings (SSSR count). The predicted octanol–water partition coefficient (Wildman–Crippen LogP) is 5.22. The molecule has 0 N–H and O–H groups in total. The van der Waals surface area contributed by atoms with Crippen LogP contribution in [0.2, 0.25) is 0 Å². The lowest BCUT2D eigenvalue weighted by Crippen LogP contribution is -2.48. The zero-order valence-corrected chi connectivity index (χ0v) is 21.1. The zero-order chi connectivity index (χ0) is 24.8. The fourth-order valence-electron chi connectivity index (χ4n) is 6.58. The summed E-state index contributed by atoms with van der Waals surface area (Å²) < 4.78 is 12.3. The molecule has 1 heterocycles. The standard InChI is InChI=1S/C29H36N2O4/c1-20-15-16-23-28(2,3)29(23,17-20)35-25-24(26(32)34-4)30(18-21-11-7-5-8-12-21)27(33)31(25)19-22-13-9-6-10-14-22/h5-14,20,23-25H,15-19H2,1-4H3/t20?,23?,24-,25+,29?/m0/s1. The van der Waals surface area contributed by atoms with E-state index in [1.54, 1.807) is 9.80 Å². The Kier molecular flexibility index (Phi) is 6.12. The van der Waals surface area contributed by atoms with Crippen molar-refractivity contribution in [2.24, 2.45) is 17.3 Å². The summed E-state index contributed by atoms with van der Waals surface area (Å²) in [7, 11) is 1.38. The Morgan fingerprint density at radius 2 is 1.51 bits per heavy atom. The monoisotopic (exact) mass is 476 g/mol. The normalized spacial score (nSPS) is 31.3. The van der Waals surface area contributed by atoms with Gasteiger partial charge in [0.2, 0.25) is 0 Å². The molecule has 3 aliphatic rings. The van der Waals surface area contributed by atoms with Crippen LogP contribution in [0.25, 0.3) is 0 Å². The summed E-state index contributed by atoms with van der Waals surface area (Å²) in [6, 6.07) is 18.6. The highest BCUT2D eigenvalue weighted by Gasteiger charge is 2.75. The number of carbonyl (C=O) groups is 2. The lowest BCUT2D eigenvalue weighted by molar-refractivity contribution is -0.164. The second kappa shape index (κ2) is 8.98. The Morgan fingerprint density at radius 3 is 2.09 bits per heavy atom. The molecule has 2 aliphatic carbocycles. The van der Waals surface area contributed by atoms with E-state index in [4.69, 9.17) is 9.47 Å².